The molecule has 1 aromatic rings. The number of halogens is 1. The number of amides is 3. The molecule has 1 spiro atoms. The van der Waals surface area contributed by atoms with E-state index in [4.69, 9.17) is 0 Å². The molecule has 1 N–H and O–H groups in total. The van der Waals surface area contributed by atoms with Crippen LogP contribution in [0, 0.1) is 5.82 Å². The van der Waals surface area contributed by atoms with Gasteiger partial charge in [0.15, 0.2) is 0 Å². The van der Waals surface area contributed by atoms with E-state index in [2.05, 4.69) is 5.32 Å². The van der Waals surface area contributed by atoms with Gasteiger partial charge in [-0.1, -0.05) is 31.4 Å². The first-order chi connectivity index (χ1) is 13.6. The normalized spacial score (nSPS) is 22.5. The zero-order valence-electron chi connectivity index (χ0n) is 16.2. The number of hydrogen-bond donors (Lipinski definition) is 1. The van der Waals surface area contributed by atoms with Crippen molar-refractivity contribution in [1.82, 2.24) is 15.1 Å². The predicted molar refractivity (Wildman–Crippen MR) is 109 cm³/mol. The monoisotopic (exact) mass is 405 g/mol. The predicted octanol–water partition coefficient (Wildman–Crippen LogP) is 3.85. The molecule has 1 aromatic carbocycles. The van der Waals surface area contributed by atoms with Crippen LogP contribution in [0.15, 0.2) is 24.3 Å². The van der Waals surface area contributed by atoms with Gasteiger partial charge < -0.3 is 15.1 Å². The Kier molecular flexibility index (Phi) is 5.80. The third kappa shape index (κ3) is 3.86. The lowest BCUT2D eigenvalue weighted by Gasteiger charge is -2.44. The third-order valence-corrected chi connectivity index (χ3v) is 7.84. The fraction of sp³-hybridized carbons (Fsp3) is 0.619. The zero-order valence-corrected chi connectivity index (χ0v) is 17.0. The van der Waals surface area contributed by atoms with E-state index in [9.17, 15) is 14.0 Å². The summed E-state index contributed by atoms with van der Waals surface area (Å²) in [5.74, 6) is 0.154. The molecular formula is C21H28FN3O2S. The number of benzene rings is 1. The van der Waals surface area contributed by atoms with Crippen LogP contribution in [0.3, 0.4) is 0 Å². The number of rotatable bonds is 2. The number of nitrogens with one attached hydrogen (secondary N) is 1. The topological polar surface area (TPSA) is 52.7 Å². The van der Waals surface area contributed by atoms with Crippen LogP contribution in [0.1, 0.15) is 55.3 Å². The second-order valence-electron chi connectivity index (χ2n) is 8.00. The van der Waals surface area contributed by atoms with Gasteiger partial charge in [0.1, 0.15) is 5.82 Å². The molecule has 2 aliphatic heterocycles. The van der Waals surface area contributed by atoms with Gasteiger partial charge in [0.05, 0.1) is 10.4 Å². The molecule has 0 radical (unpaired) electrons. The Morgan fingerprint density at radius 1 is 1.07 bits per heavy atom. The van der Waals surface area contributed by atoms with E-state index < -0.39 is 5.82 Å². The second kappa shape index (κ2) is 8.31. The summed E-state index contributed by atoms with van der Waals surface area (Å²) in [7, 11) is 0. The Morgan fingerprint density at radius 3 is 2.50 bits per heavy atom. The van der Waals surface area contributed by atoms with Crippen molar-refractivity contribution in [1.29, 1.82) is 0 Å². The van der Waals surface area contributed by atoms with Gasteiger partial charge in [0, 0.05) is 31.4 Å². The van der Waals surface area contributed by atoms with Crippen molar-refractivity contribution in [2.75, 3.05) is 25.4 Å². The lowest BCUT2D eigenvalue weighted by molar-refractivity contribution is 0.0575. The number of urea groups is 1. The minimum absolute atomic E-state index is 0.0247. The molecule has 0 atom stereocenters. The van der Waals surface area contributed by atoms with Crippen LogP contribution in [0.2, 0.25) is 0 Å². The van der Waals surface area contributed by atoms with Crippen LogP contribution in [-0.2, 0) is 0 Å². The van der Waals surface area contributed by atoms with Crippen LogP contribution >= 0.6 is 11.8 Å². The van der Waals surface area contributed by atoms with Crippen LogP contribution in [0.25, 0.3) is 0 Å². The molecular weight excluding hydrogens is 377 g/mol. The molecule has 1 saturated carbocycles. The average molecular weight is 406 g/mol. The molecule has 5 nitrogen and oxygen atoms in total. The van der Waals surface area contributed by atoms with Crippen LogP contribution < -0.4 is 5.32 Å². The Hall–Kier alpha value is -1.76. The fourth-order valence-corrected chi connectivity index (χ4v) is 6.12. The molecule has 0 unspecified atom stereocenters. The van der Waals surface area contributed by atoms with Gasteiger partial charge in [0.2, 0.25) is 0 Å². The van der Waals surface area contributed by atoms with Gasteiger partial charge >= 0.3 is 6.03 Å². The zero-order chi connectivity index (χ0) is 19.6. The fourth-order valence-electron chi connectivity index (χ4n) is 4.66. The first-order valence-corrected chi connectivity index (χ1v) is 11.3. The molecule has 28 heavy (non-hydrogen) atoms. The molecule has 7 heteroatoms. The summed E-state index contributed by atoms with van der Waals surface area (Å²) in [6.45, 7) is 1.89. The lowest BCUT2D eigenvalue weighted by Crippen LogP contribution is -2.56. The first kappa shape index (κ1) is 19.6. The number of hydrogen-bond acceptors (Lipinski definition) is 3. The highest BCUT2D eigenvalue weighted by Crippen LogP contribution is 2.44. The maximum Gasteiger partial charge on any atom is 0.317 e. The quantitative estimate of drug-likeness (QED) is 0.813. The maximum atomic E-state index is 14.1. The van der Waals surface area contributed by atoms with Gasteiger partial charge in [-0.05, 0) is 37.8 Å². The third-order valence-electron chi connectivity index (χ3n) is 6.29. The molecule has 2 heterocycles. The van der Waals surface area contributed by atoms with Gasteiger partial charge in [0.25, 0.3) is 5.91 Å². The number of piperidine rings is 1. The summed E-state index contributed by atoms with van der Waals surface area (Å²) in [6.07, 6.45) is 7.26. The molecule has 3 aliphatic rings. The van der Waals surface area contributed by atoms with Crippen molar-refractivity contribution in [3.63, 3.8) is 0 Å². The van der Waals surface area contributed by atoms with Gasteiger partial charge in [-0.3, -0.25) is 4.79 Å². The van der Waals surface area contributed by atoms with Crippen molar-refractivity contribution < 1.29 is 14.0 Å². The minimum atomic E-state index is -0.469. The Labute approximate surface area is 170 Å². The molecule has 3 amide bonds. The summed E-state index contributed by atoms with van der Waals surface area (Å²) in [4.78, 5) is 29.0. The molecule has 3 fully saturated rings. The number of carbonyl (C=O) groups excluding carboxylic acids is 2. The van der Waals surface area contributed by atoms with Gasteiger partial charge in [-0.25, -0.2) is 9.18 Å². The smallest absolute Gasteiger partial charge is 0.317 e. The maximum absolute atomic E-state index is 14.1. The molecule has 1 aliphatic carbocycles. The van der Waals surface area contributed by atoms with E-state index >= 15 is 0 Å². The highest BCUT2D eigenvalue weighted by Gasteiger charge is 2.47. The number of nitrogens with zero attached hydrogens (tertiary/aromatic N) is 2. The largest absolute Gasteiger partial charge is 0.335 e. The van der Waals surface area contributed by atoms with E-state index in [1.54, 1.807) is 30.0 Å². The van der Waals surface area contributed by atoms with Crippen molar-refractivity contribution in [3.8, 4) is 0 Å². The first-order valence-electron chi connectivity index (χ1n) is 10.3. The Morgan fingerprint density at radius 2 is 1.79 bits per heavy atom. The van der Waals surface area contributed by atoms with Crippen molar-refractivity contribution in [2.24, 2.45) is 0 Å². The second-order valence-corrected chi connectivity index (χ2v) is 9.46. The van der Waals surface area contributed by atoms with Crippen LogP contribution in [0.5, 0.6) is 0 Å². The molecule has 0 aromatic heterocycles. The van der Waals surface area contributed by atoms with Crippen molar-refractivity contribution in [3.05, 3.63) is 35.6 Å². The summed E-state index contributed by atoms with van der Waals surface area (Å²) in [5, 5.41) is 3.18. The van der Waals surface area contributed by atoms with E-state index in [1.807, 2.05) is 9.80 Å². The van der Waals surface area contributed by atoms with E-state index in [-0.39, 0.29) is 22.4 Å². The highest BCUT2D eigenvalue weighted by atomic mass is 32.2. The van der Waals surface area contributed by atoms with Crippen LogP contribution in [0.4, 0.5) is 9.18 Å². The highest BCUT2D eigenvalue weighted by molar-refractivity contribution is 8.00. The van der Waals surface area contributed by atoms with Crippen molar-refractivity contribution in [2.45, 2.75) is 55.9 Å². The Balaban J connectivity index is 1.39. The van der Waals surface area contributed by atoms with E-state index in [0.717, 1.165) is 31.4 Å². The summed E-state index contributed by atoms with van der Waals surface area (Å²) in [6, 6.07) is 6.52. The number of thioether (sulfide) groups is 1. The molecule has 4 rings (SSSR count). The van der Waals surface area contributed by atoms with Crippen molar-refractivity contribution >= 4 is 23.7 Å². The number of likely N-dealkylation sites (tertiary alicyclic amines) is 1. The minimum Gasteiger partial charge on any atom is -0.335 e. The average Bonchev–Trinajstić information content (AvgIpc) is 3.12. The van der Waals surface area contributed by atoms with Gasteiger partial charge in [-0.15, -0.1) is 11.8 Å². The molecule has 2 saturated heterocycles. The van der Waals surface area contributed by atoms with Crippen LogP contribution in [-0.4, -0.2) is 58.0 Å². The summed E-state index contributed by atoms with van der Waals surface area (Å²) in [5.41, 5.74) is 0.141. The van der Waals surface area contributed by atoms with E-state index in [0.29, 0.717) is 25.7 Å². The SMILES string of the molecule is O=C(NC1CCCCC1)N1CCC2(CC1)SCCN2C(=O)c1ccccc1F. The Bertz CT molecular complexity index is 730. The summed E-state index contributed by atoms with van der Waals surface area (Å²) >= 11 is 1.78. The summed E-state index contributed by atoms with van der Waals surface area (Å²) < 4.78 is 14.1. The van der Waals surface area contributed by atoms with E-state index in [1.165, 1.54) is 25.3 Å². The van der Waals surface area contributed by atoms with Gasteiger partial charge in [-0.2, -0.15) is 0 Å². The number of carbonyl (C=O) groups is 2. The molecule has 152 valence electrons. The lowest BCUT2D eigenvalue weighted by atomic mass is 9.95. The molecule has 0 bridgehead atoms. The standard InChI is InChI=1S/C21H28FN3O2S/c22-18-9-5-4-8-17(18)19(26)25-14-15-28-21(25)10-12-24(13-11-21)20(27)23-16-6-2-1-3-7-16/h4-5,8-9,16H,1-3,6-7,10-15H2,(H,23,27).